The Balaban J connectivity index is 2.09. The number of aryl methyl sites for hydroxylation is 1. The van der Waals surface area contributed by atoms with E-state index in [-0.39, 0.29) is 23.5 Å². The van der Waals surface area contributed by atoms with Crippen LogP contribution in [0.25, 0.3) is 0 Å². The van der Waals surface area contributed by atoms with Crippen LogP contribution in [0.15, 0.2) is 6.20 Å². The van der Waals surface area contributed by atoms with Gasteiger partial charge in [0.2, 0.25) is 5.69 Å². The van der Waals surface area contributed by atoms with Gasteiger partial charge in [0.05, 0.1) is 17.1 Å². The van der Waals surface area contributed by atoms with Crippen molar-refractivity contribution in [3.8, 4) is 0 Å². The third-order valence-electron chi connectivity index (χ3n) is 3.10. The largest absolute Gasteiger partial charge is 0.376 e. The molecule has 1 saturated heterocycles. The first-order chi connectivity index (χ1) is 8.99. The normalized spacial score (nSPS) is 20.2. The third kappa shape index (κ3) is 2.90. The number of carbonyl (C=O) groups is 1. The summed E-state index contributed by atoms with van der Waals surface area (Å²) < 4.78 is 6.71. The number of hydrogen-bond acceptors (Lipinski definition) is 5. The van der Waals surface area contributed by atoms with Crippen molar-refractivity contribution in [1.29, 1.82) is 0 Å². The number of ether oxygens (including phenoxy) is 1. The van der Waals surface area contributed by atoms with Crippen molar-refractivity contribution in [2.75, 3.05) is 6.61 Å². The molecule has 2 rings (SSSR count). The average molecular weight is 268 g/mol. The molecular formula is C11H16N4O4. The molecule has 104 valence electrons. The fourth-order valence-corrected chi connectivity index (χ4v) is 2.14. The van der Waals surface area contributed by atoms with Crippen LogP contribution < -0.4 is 5.32 Å². The zero-order valence-corrected chi connectivity index (χ0v) is 10.8. The highest BCUT2D eigenvalue weighted by Crippen LogP contribution is 2.18. The Morgan fingerprint density at radius 1 is 1.74 bits per heavy atom. The summed E-state index contributed by atoms with van der Waals surface area (Å²) in [6.45, 7) is 2.51. The third-order valence-corrected chi connectivity index (χ3v) is 3.10. The standard InChI is InChI=1S/C11H16N4O4/c1-7(9-4-3-5-19-9)12-11(16)10-8(15(17)18)6-14(2)13-10/h6-7,9H,3-5H2,1-2H3,(H,12,16). The second-order valence-electron chi connectivity index (χ2n) is 4.61. The van der Waals surface area contributed by atoms with E-state index in [1.165, 1.54) is 17.9 Å². The molecule has 1 aromatic heterocycles. The topological polar surface area (TPSA) is 99.3 Å². The Morgan fingerprint density at radius 3 is 3.05 bits per heavy atom. The van der Waals surface area contributed by atoms with Gasteiger partial charge in [-0.2, -0.15) is 5.10 Å². The number of nitrogens with zero attached hydrogens (tertiary/aromatic N) is 3. The van der Waals surface area contributed by atoms with E-state index in [1.807, 2.05) is 6.92 Å². The van der Waals surface area contributed by atoms with Crippen LogP contribution in [0.1, 0.15) is 30.3 Å². The predicted octanol–water partition coefficient (Wildman–Crippen LogP) is 0.626. The van der Waals surface area contributed by atoms with Crippen LogP contribution in [-0.2, 0) is 11.8 Å². The van der Waals surface area contributed by atoms with Gasteiger partial charge in [0.15, 0.2) is 0 Å². The van der Waals surface area contributed by atoms with E-state index in [0.717, 1.165) is 12.8 Å². The molecule has 1 fully saturated rings. The summed E-state index contributed by atoms with van der Waals surface area (Å²) in [6.07, 6.45) is 3.03. The first-order valence-electron chi connectivity index (χ1n) is 6.09. The van der Waals surface area contributed by atoms with Crippen molar-refractivity contribution in [3.63, 3.8) is 0 Å². The fourth-order valence-electron chi connectivity index (χ4n) is 2.14. The second kappa shape index (κ2) is 5.35. The SMILES string of the molecule is CC(NC(=O)c1nn(C)cc1[N+](=O)[O-])C1CCCO1. The van der Waals surface area contributed by atoms with Gasteiger partial charge in [-0.3, -0.25) is 19.6 Å². The van der Waals surface area contributed by atoms with Crippen LogP contribution in [0.5, 0.6) is 0 Å². The van der Waals surface area contributed by atoms with Crippen molar-refractivity contribution in [3.05, 3.63) is 22.0 Å². The molecule has 1 aliphatic heterocycles. The summed E-state index contributed by atoms with van der Waals surface area (Å²) in [5.74, 6) is -0.546. The highest BCUT2D eigenvalue weighted by Gasteiger charge is 2.29. The lowest BCUT2D eigenvalue weighted by molar-refractivity contribution is -0.385. The zero-order valence-electron chi connectivity index (χ0n) is 10.8. The van der Waals surface area contributed by atoms with Crippen molar-refractivity contribution in [2.45, 2.75) is 31.9 Å². The van der Waals surface area contributed by atoms with Gasteiger partial charge in [-0.15, -0.1) is 0 Å². The van der Waals surface area contributed by atoms with Crippen molar-refractivity contribution >= 4 is 11.6 Å². The summed E-state index contributed by atoms with van der Waals surface area (Å²) in [4.78, 5) is 22.2. The van der Waals surface area contributed by atoms with Crippen LogP contribution in [-0.4, -0.2) is 39.4 Å². The molecule has 0 spiro atoms. The quantitative estimate of drug-likeness (QED) is 0.637. The van der Waals surface area contributed by atoms with E-state index in [0.29, 0.717) is 6.61 Å². The average Bonchev–Trinajstić information content (AvgIpc) is 2.96. The number of aromatic nitrogens is 2. The van der Waals surface area contributed by atoms with E-state index in [4.69, 9.17) is 4.74 Å². The van der Waals surface area contributed by atoms with Gasteiger partial charge < -0.3 is 10.1 Å². The van der Waals surface area contributed by atoms with Gasteiger partial charge in [-0.1, -0.05) is 0 Å². The summed E-state index contributed by atoms with van der Waals surface area (Å²) in [6, 6.07) is -0.198. The van der Waals surface area contributed by atoms with Crippen LogP contribution >= 0.6 is 0 Å². The molecular weight excluding hydrogens is 252 g/mol. The number of hydrogen-bond donors (Lipinski definition) is 1. The highest BCUT2D eigenvalue weighted by atomic mass is 16.6. The lowest BCUT2D eigenvalue weighted by Gasteiger charge is -2.19. The van der Waals surface area contributed by atoms with Gasteiger partial charge in [0.25, 0.3) is 5.91 Å². The van der Waals surface area contributed by atoms with Gasteiger partial charge in [-0.05, 0) is 19.8 Å². The van der Waals surface area contributed by atoms with Crippen LogP contribution in [0.3, 0.4) is 0 Å². The lowest BCUT2D eigenvalue weighted by atomic mass is 10.1. The summed E-state index contributed by atoms with van der Waals surface area (Å²) in [7, 11) is 1.54. The number of rotatable bonds is 4. The van der Waals surface area contributed by atoms with E-state index >= 15 is 0 Å². The van der Waals surface area contributed by atoms with Gasteiger partial charge >= 0.3 is 5.69 Å². The van der Waals surface area contributed by atoms with E-state index in [9.17, 15) is 14.9 Å². The first-order valence-corrected chi connectivity index (χ1v) is 6.09. The molecule has 8 nitrogen and oxygen atoms in total. The van der Waals surface area contributed by atoms with Crippen LogP contribution in [0.2, 0.25) is 0 Å². The Hall–Kier alpha value is -1.96. The van der Waals surface area contributed by atoms with Gasteiger partial charge in [0, 0.05) is 13.7 Å². The molecule has 2 heterocycles. The molecule has 0 aromatic carbocycles. The Bertz CT molecular complexity index is 493. The molecule has 2 atom stereocenters. The molecule has 0 radical (unpaired) electrons. The van der Waals surface area contributed by atoms with E-state index < -0.39 is 10.8 Å². The minimum Gasteiger partial charge on any atom is -0.376 e. The summed E-state index contributed by atoms with van der Waals surface area (Å²) >= 11 is 0. The second-order valence-corrected chi connectivity index (χ2v) is 4.61. The monoisotopic (exact) mass is 268 g/mol. The van der Waals surface area contributed by atoms with Crippen molar-refractivity contribution in [1.82, 2.24) is 15.1 Å². The molecule has 1 N–H and O–H groups in total. The van der Waals surface area contributed by atoms with Crippen molar-refractivity contribution in [2.24, 2.45) is 7.05 Å². The highest BCUT2D eigenvalue weighted by molar-refractivity contribution is 5.96. The predicted molar refractivity (Wildman–Crippen MR) is 65.8 cm³/mol. The Labute approximate surface area is 109 Å². The van der Waals surface area contributed by atoms with E-state index in [2.05, 4.69) is 10.4 Å². The molecule has 2 unspecified atom stereocenters. The smallest absolute Gasteiger partial charge is 0.320 e. The van der Waals surface area contributed by atoms with E-state index in [1.54, 1.807) is 0 Å². The molecule has 1 aliphatic rings. The van der Waals surface area contributed by atoms with Crippen LogP contribution in [0.4, 0.5) is 5.69 Å². The fraction of sp³-hybridized carbons (Fsp3) is 0.636. The van der Waals surface area contributed by atoms with Crippen LogP contribution in [0, 0.1) is 10.1 Å². The van der Waals surface area contributed by atoms with Gasteiger partial charge in [0.1, 0.15) is 6.20 Å². The Kier molecular flexibility index (Phi) is 3.79. The maximum Gasteiger partial charge on any atom is 0.320 e. The summed E-state index contributed by atoms with van der Waals surface area (Å²) in [5.41, 5.74) is -0.461. The lowest BCUT2D eigenvalue weighted by Crippen LogP contribution is -2.41. The number of carbonyl (C=O) groups excluding carboxylic acids is 1. The number of nitrogens with one attached hydrogen (secondary N) is 1. The zero-order chi connectivity index (χ0) is 14.0. The maximum atomic E-state index is 12.0. The minimum atomic E-state index is -0.612. The number of nitro groups is 1. The molecule has 0 saturated carbocycles. The number of amides is 1. The minimum absolute atomic E-state index is 0.0354. The molecule has 8 heteroatoms. The first kappa shape index (κ1) is 13.5. The van der Waals surface area contributed by atoms with Crippen molar-refractivity contribution < 1.29 is 14.5 Å². The molecule has 1 amide bonds. The Morgan fingerprint density at radius 2 is 2.47 bits per heavy atom. The molecule has 0 bridgehead atoms. The van der Waals surface area contributed by atoms with Gasteiger partial charge in [-0.25, -0.2) is 0 Å². The summed E-state index contributed by atoms with van der Waals surface area (Å²) in [5, 5.41) is 17.4. The molecule has 0 aliphatic carbocycles. The maximum absolute atomic E-state index is 12.0. The molecule has 19 heavy (non-hydrogen) atoms. The molecule has 1 aromatic rings.